The monoisotopic (exact) mass is 343 g/mol. The van der Waals surface area contributed by atoms with Crippen molar-refractivity contribution in [1.82, 2.24) is 0 Å². The largest absolute Gasteiger partial charge is 0.452 e. The average Bonchev–Trinajstić information content (AvgIpc) is 2.55. The van der Waals surface area contributed by atoms with E-state index >= 15 is 0 Å². The van der Waals surface area contributed by atoms with Crippen molar-refractivity contribution in [3.63, 3.8) is 0 Å². The van der Waals surface area contributed by atoms with Gasteiger partial charge in [0.25, 0.3) is 5.91 Å². The molecular weight excluding hydrogens is 326 g/mol. The van der Waals surface area contributed by atoms with E-state index in [1.807, 2.05) is 44.2 Å². The molecule has 0 saturated heterocycles. The molecule has 0 atom stereocenters. The van der Waals surface area contributed by atoms with E-state index in [4.69, 9.17) is 16.3 Å². The first kappa shape index (κ1) is 17.8. The fraction of sp³-hybridized carbons (Fsp3) is 0.158. The smallest absolute Gasteiger partial charge is 0.331 e. The second kappa shape index (κ2) is 8.31. The van der Waals surface area contributed by atoms with Crippen LogP contribution in [0, 0.1) is 13.8 Å². The van der Waals surface area contributed by atoms with Gasteiger partial charge >= 0.3 is 5.97 Å². The average molecular weight is 344 g/mol. The number of carbonyl (C=O) groups is 2. The third-order valence-electron chi connectivity index (χ3n) is 3.33. The minimum atomic E-state index is -0.580. The molecule has 2 aromatic carbocycles. The Morgan fingerprint density at radius 2 is 1.92 bits per heavy atom. The first-order chi connectivity index (χ1) is 11.5. The van der Waals surface area contributed by atoms with E-state index in [1.54, 1.807) is 18.2 Å². The predicted octanol–water partition coefficient (Wildman–Crippen LogP) is 4.15. The van der Waals surface area contributed by atoms with E-state index in [1.165, 1.54) is 6.08 Å². The van der Waals surface area contributed by atoms with Gasteiger partial charge in [-0.05, 0) is 48.7 Å². The topological polar surface area (TPSA) is 55.4 Å². The SMILES string of the molecule is Cc1ccc(NC(=O)COC(=O)/C=C/c2ccccc2C)c(Cl)c1. The zero-order valence-electron chi connectivity index (χ0n) is 13.5. The van der Waals surface area contributed by atoms with Crippen molar-refractivity contribution >= 4 is 35.2 Å². The number of hydrogen-bond donors (Lipinski definition) is 1. The summed E-state index contributed by atoms with van der Waals surface area (Å²) in [7, 11) is 0. The Morgan fingerprint density at radius 3 is 2.62 bits per heavy atom. The van der Waals surface area contributed by atoms with E-state index in [0.29, 0.717) is 10.7 Å². The molecule has 0 aliphatic carbocycles. The summed E-state index contributed by atoms with van der Waals surface area (Å²) in [6, 6.07) is 12.9. The van der Waals surface area contributed by atoms with Crippen LogP contribution in [0.5, 0.6) is 0 Å². The number of rotatable bonds is 5. The van der Waals surface area contributed by atoms with Gasteiger partial charge in [-0.15, -0.1) is 0 Å². The highest BCUT2D eigenvalue weighted by Gasteiger charge is 2.08. The molecule has 4 nitrogen and oxygen atoms in total. The standard InChI is InChI=1S/C19H18ClNO3/c1-13-7-9-17(16(20)11-13)21-18(22)12-24-19(23)10-8-15-6-4-3-5-14(15)2/h3-11H,12H2,1-2H3,(H,21,22)/b10-8+. The van der Waals surface area contributed by atoms with Gasteiger partial charge in [0.2, 0.25) is 0 Å². The Hall–Kier alpha value is -2.59. The Bertz CT molecular complexity index is 784. The van der Waals surface area contributed by atoms with Crippen LogP contribution < -0.4 is 5.32 Å². The second-order valence-electron chi connectivity index (χ2n) is 5.33. The third-order valence-corrected chi connectivity index (χ3v) is 3.64. The summed E-state index contributed by atoms with van der Waals surface area (Å²) in [5.41, 5.74) is 3.45. The summed E-state index contributed by atoms with van der Waals surface area (Å²) in [5, 5.41) is 3.04. The molecule has 0 bridgehead atoms. The summed E-state index contributed by atoms with van der Waals surface area (Å²) in [4.78, 5) is 23.5. The lowest BCUT2D eigenvalue weighted by Gasteiger charge is -2.08. The van der Waals surface area contributed by atoms with Crippen LogP contribution in [0.25, 0.3) is 6.08 Å². The molecule has 24 heavy (non-hydrogen) atoms. The van der Waals surface area contributed by atoms with Gasteiger partial charge < -0.3 is 10.1 Å². The summed E-state index contributed by atoms with van der Waals surface area (Å²) < 4.78 is 4.92. The number of amides is 1. The molecule has 0 heterocycles. The lowest BCUT2D eigenvalue weighted by molar-refractivity contribution is -0.142. The number of aryl methyl sites for hydroxylation is 2. The molecule has 0 aliphatic heterocycles. The van der Waals surface area contributed by atoms with Crippen LogP contribution in [-0.2, 0) is 14.3 Å². The van der Waals surface area contributed by atoms with Gasteiger partial charge in [0.05, 0.1) is 10.7 Å². The van der Waals surface area contributed by atoms with Crippen LogP contribution >= 0.6 is 11.6 Å². The maximum Gasteiger partial charge on any atom is 0.331 e. The van der Waals surface area contributed by atoms with Crippen molar-refractivity contribution in [3.05, 3.63) is 70.3 Å². The van der Waals surface area contributed by atoms with Crippen molar-refractivity contribution in [1.29, 1.82) is 0 Å². The van der Waals surface area contributed by atoms with Crippen LogP contribution in [0.4, 0.5) is 5.69 Å². The van der Waals surface area contributed by atoms with Crippen molar-refractivity contribution in [2.45, 2.75) is 13.8 Å². The van der Waals surface area contributed by atoms with E-state index in [2.05, 4.69) is 5.32 Å². The highest BCUT2D eigenvalue weighted by molar-refractivity contribution is 6.33. The van der Waals surface area contributed by atoms with Gasteiger partial charge in [-0.25, -0.2) is 4.79 Å². The maximum atomic E-state index is 11.8. The summed E-state index contributed by atoms with van der Waals surface area (Å²) in [6.45, 7) is 3.48. The highest BCUT2D eigenvalue weighted by Crippen LogP contribution is 2.22. The fourth-order valence-electron chi connectivity index (χ4n) is 2.02. The normalized spacial score (nSPS) is 10.6. The van der Waals surface area contributed by atoms with Gasteiger partial charge in [0.1, 0.15) is 0 Å². The number of benzene rings is 2. The van der Waals surface area contributed by atoms with E-state index in [-0.39, 0.29) is 6.61 Å². The molecular formula is C19H18ClNO3. The number of carbonyl (C=O) groups excluding carboxylic acids is 2. The van der Waals surface area contributed by atoms with Gasteiger partial charge in [0, 0.05) is 6.08 Å². The Labute approximate surface area is 146 Å². The Morgan fingerprint density at radius 1 is 1.17 bits per heavy atom. The molecule has 0 saturated carbocycles. The van der Waals surface area contributed by atoms with Crippen LogP contribution in [0.3, 0.4) is 0 Å². The van der Waals surface area contributed by atoms with Crippen molar-refractivity contribution in [2.75, 3.05) is 11.9 Å². The molecule has 0 aromatic heterocycles. The molecule has 0 spiro atoms. The first-order valence-corrected chi connectivity index (χ1v) is 7.80. The summed E-state index contributed by atoms with van der Waals surface area (Å²) in [6.07, 6.45) is 2.96. The Kier molecular flexibility index (Phi) is 6.15. The van der Waals surface area contributed by atoms with Gasteiger partial charge in [-0.1, -0.05) is 41.9 Å². The molecule has 0 radical (unpaired) electrons. The quantitative estimate of drug-likeness (QED) is 0.655. The lowest BCUT2D eigenvalue weighted by Crippen LogP contribution is -2.20. The van der Waals surface area contributed by atoms with Crippen LogP contribution in [0.15, 0.2) is 48.5 Å². The molecule has 2 aromatic rings. The zero-order valence-corrected chi connectivity index (χ0v) is 14.3. The molecule has 0 aliphatic rings. The van der Waals surface area contributed by atoms with Gasteiger partial charge in [-0.2, -0.15) is 0 Å². The molecule has 124 valence electrons. The zero-order chi connectivity index (χ0) is 17.5. The van der Waals surface area contributed by atoms with E-state index < -0.39 is 11.9 Å². The number of esters is 1. The van der Waals surface area contributed by atoms with Crippen LogP contribution in [-0.4, -0.2) is 18.5 Å². The minimum absolute atomic E-state index is 0.374. The number of halogens is 1. The van der Waals surface area contributed by atoms with Crippen molar-refractivity contribution in [3.8, 4) is 0 Å². The first-order valence-electron chi connectivity index (χ1n) is 7.42. The maximum absolute atomic E-state index is 11.8. The number of hydrogen-bond acceptors (Lipinski definition) is 3. The van der Waals surface area contributed by atoms with Crippen LogP contribution in [0.1, 0.15) is 16.7 Å². The van der Waals surface area contributed by atoms with Gasteiger partial charge in [-0.3, -0.25) is 4.79 Å². The number of ether oxygens (including phenoxy) is 1. The Balaban J connectivity index is 1.85. The molecule has 0 unspecified atom stereocenters. The lowest BCUT2D eigenvalue weighted by atomic mass is 10.1. The van der Waals surface area contributed by atoms with E-state index in [0.717, 1.165) is 16.7 Å². The van der Waals surface area contributed by atoms with E-state index in [9.17, 15) is 9.59 Å². The number of anilines is 1. The van der Waals surface area contributed by atoms with Crippen molar-refractivity contribution in [2.24, 2.45) is 0 Å². The number of nitrogens with one attached hydrogen (secondary N) is 1. The van der Waals surface area contributed by atoms with Crippen molar-refractivity contribution < 1.29 is 14.3 Å². The van der Waals surface area contributed by atoms with Gasteiger partial charge in [0.15, 0.2) is 6.61 Å². The minimum Gasteiger partial charge on any atom is -0.452 e. The molecule has 1 N–H and O–H groups in total. The summed E-state index contributed by atoms with van der Waals surface area (Å²) >= 11 is 6.04. The van der Waals surface area contributed by atoms with Crippen LogP contribution in [0.2, 0.25) is 5.02 Å². The summed E-state index contributed by atoms with van der Waals surface area (Å²) in [5.74, 6) is -1.03. The second-order valence-corrected chi connectivity index (χ2v) is 5.74. The molecule has 2 rings (SSSR count). The fourth-order valence-corrected chi connectivity index (χ4v) is 2.31. The predicted molar refractivity (Wildman–Crippen MR) is 96.0 cm³/mol. The third kappa shape index (κ3) is 5.25. The molecule has 0 fully saturated rings. The highest BCUT2D eigenvalue weighted by atomic mass is 35.5. The molecule has 1 amide bonds. The molecule has 5 heteroatoms.